The molecule has 2 rings (SSSR count). The molecule has 1 heterocycles. The van der Waals surface area contributed by atoms with E-state index in [2.05, 4.69) is 10.6 Å². The summed E-state index contributed by atoms with van der Waals surface area (Å²) in [5.41, 5.74) is 0.777. The van der Waals surface area contributed by atoms with Gasteiger partial charge in [-0.3, -0.25) is 14.9 Å². The second-order valence-electron chi connectivity index (χ2n) is 4.32. The minimum Gasteiger partial charge on any atom is -0.490 e. The number of urea groups is 1. The topological polar surface area (TPSA) is 93.7 Å². The summed E-state index contributed by atoms with van der Waals surface area (Å²) < 4.78 is 11.3. The van der Waals surface area contributed by atoms with Crippen LogP contribution in [0, 0.1) is 3.57 Å². The van der Waals surface area contributed by atoms with E-state index in [0.29, 0.717) is 27.2 Å². The maximum absolute atomic E-state index is 11.5. The Labute approximate surface area is 140 Å². The monoisotopic (exact) mass is 416 g/mol. The molecule has 1 aliphatic rings. The van der Waals surface area contributed by atoms with Crippen LogP contribution in [0.4, 0.5) is 4.79 Å². The van der Waals surface area contributed by atoms with Crippen molar-refractivity contribution in [1.29, 1.82) is 0 Å². The Bertz CT molecular complexity index is 684. The number of imide groups is 1. The average Bonchev–Trinajstić information content (AvgIpc) is 2.72. The predicted molar refractivity (Wildman–Crippen MR) is 86.3 cm³/mol. The average molecular weight is 416 g/mol. The predicted octanol–water partition coefficient (Wildman–Crippen LogP) is 1.80. The van der Waals surface area contributed by atoms with E-state index in [1.807, 2.05) is 22.6 Å². The van der Waals surface area contributed by atoms with Crippen LogP contribution < -0.4 is 20.1 Å². The van der Waals surface area contributed by atoms with Gasteiger partial charge in [-0.1, -0.05) is 0 Å². The molecule has 1 aromatic rings. The van der Waals surface area contributed by atoms with E-state index in [1.165, 1.54) is 13.0 Å². The van der Waals surface area contributed by atoms with E-state index >= 15 is 0 Å². The van der Waals surface area contributed by atoms with Crippen LogP contribution in [0.3, 0.4) is 0 Å². The smallest absolute Gasteiger partial charge is 0.326 e. The number of amides is 3. The quantitative estimate of drug-likeness (QED) is 0.257. The lowest BCUT2D eigenvalue weighted by atomic mass is 10.1. The first-order valence-corrected chi connectivity index (χ1v) is 7.47. The fraction of sp³-hybridized carbons (Fsp3) is 0.214. The summed E-state index contributed by atoms with van der Waals surface area (Å²) in [6, 6.07) is 2.79. The molecule has 8 heteroatoms. The molecule has 7 nitrogen and oxygen atoms in total. The summed E-state index contributed by atoms with van der Waals surface area (Å²) in [7, 11) is 0. The van der Waals surface area contributed by atoms with Gasteiger partial charge in [0.2, 0.25) is 0 Å². The molecule has 0 saturated carbocycles. The first-order chi connectivity index (χ1) is 10.4. The van der Waals surface area contributed by atoms with Gasteiger partial charge in [0.25, 0.3) is 5.91 Å². The molecule has 1 fully saturated rings. The Hall–Kier alpha value is -2.10. The third kappa shape index (κ3) is 3.75. The summed E-state index contributed by atoms with van der Waals surface area (Å²) in [4.78, 5) is 33.8. The summed E-state index contributed by atoms with van der Waals surface area (Å²) in [6.45, 7) is 3.50. The van der Waals surface area contributed by atoms with Gasteiger partial charge in [-0.25, -0.2) is 4.79 Å². The van der Waals surface area contributed by atoms with Crippen molar-refractivity contribution in [2.75, 3.05) is 6.61 Å². The molecule has 0 spiro atoms. The van der Waals surface area contributed by atoms with Crippen molar-refractivity contribution < 1.29 is 23.9 Å². The molecule has 1 aromatic carbocycles. The molecule has 0 atom stereocenters. The first kappa shape index (κ1) is 16.3. The van der Waals surface area contributed by atoms with Crippen LogP contribution >= 0.6 is 22.6 Å². The molecule has 22 heavy (non-hydrogen) atoms. The van der Waals surface area contributed by atoms with E-state index in [0.717, 1.165) is 0 Å². The lowest BCUT2D eigenvalue weighted by Gasteiger charge is -2.12. The number of hydrogen-bond donors (Lipinski definition) is 2. The lowest BCUT2D eigenvalue weighted by molar-refractivity contribution is -0.132. The van der Waals surface area contributed by atoms with Gasteiger partial charge in [0.15, 0.2) is 11.5 Å². The van der Waals surface area contributed by atoms with Gasteiger partial charge in [0.1, 0.15) is 5.70 Å². The normalized spacial score (nSPS) is 15.5. The second-order valence-corrected chi connectivity index (χ2v) is 5.49. The molecule has 0 aromatic heterocycles. The molecule has 0 unspecified atom stereocenters. The molecule has 0 radical (unpaired) electrons. The van der Waals surface area contributed by atoms with Gasteiger partial charge < -0.3 is 14.8 Å². The maximum atomic E-state index is 11.5. The highest BCUT2D eigenvalue weighted by molar-refractivity contribution is 14.1. The third-order valence-electron chi connectivity index (χ3n) is 2.61. The van der Waals surface area contributed by atoms with Crippen LogP contribution in [-0.2, 0) is 9.59 Å². The third-order valence-corrected chi connectivity index (χ3v) is 3.41. The first-order valence-electron chi connectivity index (χ1n) is 6.39. The van der Waals surface area contributed by atoms with Gasteiger partial charge in [0, 0.05) is 6.92 Å². The summed E-state index contributed by atoms with van der Waals surface area (Å²) in [6.07, 6.45) is 1.52. The number of carbonyl (C=O) groups excluding carboxylic acids is 3. The van der Waals surface area contributed by atoms with Crippen molar-refractivity contribution in [3.05, 3.63) is 27.0 Å². The molecule has 1 saturated heterocycles. The van der Waals surface area contributed by atoms with Crippen LogP contribution in [0.1, 0.15) is 19.4 Å². The Morgan fingerprint density at radius 2 is 2.05 bits per heavy atom. The molecule has 3 amide bonds. The van der Waals surface area contributed by atoms with Crippen molar-refractivity contribution in [2.45, 2.75) is 13.8 Å². The maximum Gasteiger partial charge on any atom is 0.326 e. The van der Waals surface area contributed by atoms with E-state index < -0.39 is 17.9 Å². The van der Waals surface area contributed by atoms with Gasteiger partial charge in [-0.2, -0.15) is 0 Å². The number of carbonyl (C=O) groups is 3. The number of esters is 1. The Kier molecular flexibility index (Phi) is 5.01. The zero-order valence-electron chi connectivity index (χ0n) is 11.9. The van der Waals surface area contributed by atoms with Gasteiger partial charge >= 0.3 is 12.0 Å². The Morgan fingerprint density at radius 3 is 2.59 bits per heavy atom. The van der Waals surface area contributed by atoms with Gasteiger partial charge in [-0.05, 0) is 53.3 Å². The zero-order valence-corrected chi connectivity index (χ0v) is 14.0. The number of ether oxygens (including phenoxy) is 2. The number of halogens is 1. The van der Waals surface area contributed by atoms with Crippen LogP contribution in [0.15, 0.2) is 17.8 Å². The van der Waals surface area contributed by atoms with Gasteiger partial charge in [-0.15, -0.1) is 0 Å². The molecule has 116 valence electrons. The molecular formula is C14H13IN2O5. The van der Waals surface area contributed by atoms with Crippen molar-refractivity contribution in [3.63, 3.8) is 0 Å². The Morgan fingerprint density at radius 1 is 1.32 bits per heavy atom. The SMILES string of the molecule is CCOc1cc(C=C2NC(=O)NC2=O)cc(I)c1OC(C)=O. The van der Waals surface area contributed by atoms with Crippen molar-refractivity contribution in [3.8, 4) is 11.5 Å². The number of benzene rings is 1. The highest BCUT2D eigenvalue weighted by Crippen LogP contribution is 2.35. The fourth-order valence-corrected chi connectivity index (χ4v) is 2.56. The van der Waals surface area contributed by atoms with Crippen molar-refractivity contribution in [1.82, 2.24) is 10.6 Å². The zero-order chi connectivity index (χ0) is 16.3. The highest BCUT2D eigenvalue weighted by Gasteiger charge is 2.23. The number of hydrogen-bond acceptors (Lipinski definition) is 5. The van der Waals surface area contributed by atoms with Crippen LogP contribution in [0.25, 0.3) is 6.08 Å². The summed E-state index contributed by atoms with van der Waals surface area (Å²) >= 11 is 2.01. The van der Waals surface area contributed by atoms with E-state index in [9.17, 15) is 14.4 Å². The largest absolute Gasteiger partial charge is 0.490 e. The van der Waals surface area contributed by atoms with Gasteiger partial charge in [0.05, 0.1) is 10.2 Å². The van der Waals surface area contributed by atoms with E-state index in [-0.39, 0.29) is 5.70 Å². The van der Waals surface area contributed by atoms with Crippen LogP contribution in [-0.4, -0.2) is 24.5 Å². The number of rotatable bonds is 4. The van der Waals surface area contributed by atoms with Crippen LogP contribution in [0.2, 0.25) is 0 Å². The highest BCUT2D eigenvalue weighted by atomic mass is 127. The van der Waals surface area contributed by atoms with E-state index in [1.54, 1.807) is 19.1 Å². The second kappa shape index (κ2) is 6.77. The standard InChI is InChI=1S/C14H13IN2O5/c1-3-21-11-6-8(4-9(15)12(11)22-7(2)18)5-10-13(19)17-14(20)16-10/h4-6H,3H2,1-2H3,(H2,16,17,19,20). The number of nitrogens with one attached hydrogen (secondary N) is 2. The molecule has 1 aliphatic heterocycles. The van der Waals surface area contributed by atoms with Crippen molar-refractivity contribution >= 4 is 46.6 Å². The Balaban J connectivity index is 2.42. The lowest BCUT2D eigenvalue weighted by Crippen LogP contribution is -2.22. The van der Waals surface area contributed by atoms with Crippen molar-refractivity contribution in [2.24, 2.45) is 0 Å². The molecule has 2 N–H and O–H groups in total. The van der Waals surface area contributed by atoms with Crippen LogP contribution in [0.5, 0.6) is 11.5 Å². The van der Waals surface area contributed by atoms with E-state index in [4.69, 9.17) is 9.47 Å². The minimum absolute atomic E-state index is 0.142. The molecule has 0 aliphatic carbocycles. The summed E-state index contributed by atoms with van der Waals surface area (Å²) in [5, 5.41) is 4.52. The molecule has 0 bridgehead atoms. The minimum atomic E-state index is -0.562. The molecular weight excluding hydrogens is 403 g/mol. The summed E-state index contributed by atoms with van der Waals surface area (Å²) in [5.74, 6) is -0.229. The fourth-order valence-electron chi connectivity index (χ4n) is 1.83.